The van der Waals surface area contributed by atoms with Crippen LogP contribution in [-0.4, -0.2) is 29.8 Å². The van der Waals surface area contributed by atoms with Gasteiger partial charge in [0.1, 0.15) is 29.4 Å². The number of rotatable bonds is 8. The minimum atomic E-state index is -0.0519. The minimum Gasteiger partial charge on any atom is -0.494 e. The molecule has 0 aliphatic carbocycles. The van der Waals surface area contributed by atoms with Gasteiger partial charge in [-0.15, -0.1) is 12.4 Å². The molecule has 1 saturated heterocycles. The van der Waals surface area contributed by atoms with Gasteiger partial charge in [0.05, 0.1) is 12.5 Å². The molecule has 0 bridgehead atoms. The lowest BCUT2D eigenvalue weighted by atomic mass is 9.93. The van der Waals surface area contributed by atoms with Gasteiger partial charge in [-0.25, -0.2) is 4.98 Å². The van der Waals surface area contributed by atoms with Crippen molar-refractivity contribution in [3.8, 4) is 11.5 Å². The van der Waals surface area contributed by atoms with Gasteiger partial charge in [-0.2, -0.15) is 0 Å². The van der Waals surface area contributed by atoms with Crippen LogP contribution in [0.15, 0.2) is 47.3 Å². The fourth-order valence-electron chi connectivity index (χ4n) is 4.15. The summed E-state index contributed by atoms with van der Waals surface area (Å²) < 4.78 is 13.1. The van der Waals surface area contributed by atoms with Crippen LogP contribution < -0.4 is 20.3 Å². The lowest BCUT2D eigenvalue weighted by Crippen LogP contribution is -2.29. The summed E-state index contributed by atoms with van der Waals surface area (Å²) in [6.45, 7) is 2.99. The van der Waals surface area contributed by atoms with Crippen molar-refractivity contribution in [2.75, 3.05) is 20.2 Å². The summed E-state index contributed by atoms with van der Waals surface area (Å²) in [5, 5.41) is 4.62. The van der Waals surface area contributed by atoms with Gasteiger partial charge in [0.15, 0.2) is 0 Å². The molecule has 172 valence electrons. The van der Waals surface area contributed by atoms with E-state index >= 15 is 0 Å². The zero-order valence-corrected chi connectivity index (χ0v) is 19.8. The normalized spacial score (nSPS) is 14.2. The zero-order valence-electron chi connectivity index (χ0n) is 18.2. The van der Waals surface area contributed by atoms with Crippen molar-refractivity contribution in [3.63, 3.8) is 0 Å². The molecule has 0 unspecified atom stereocenters. The van der Waals surface area contributed by atoms with E-state index in [1.807, 2.05) is 24.3 Å². The van der Waals surface area contributed by atoms with Crippen molar-refractivity contribution < 1.29 is 9.47 Å². The van der Waals surface area contributed by atoms with Gasteiger partial charge in [-0.3, -0.25) is 9.36 Å². The van der Waals surface area contributed by atoms with E-state index in [-0.39, 0.29) is 24.6 Å². The molecule has 0 spiro atoms. The topological polar surface area (TPSA) is 65.4 Å². The van der Waals surface area contributed by atoms with Crippen LogP contribution in [0, 0.1) is 5.92 Å². The standard InChI is InChI=1S/C24H28ClN3O3.ClH/c1-30-21-6-2-5-20-23(21)27-22(16-31-19-9-7-18(25)8-10-19)28(24(20)29)15-3-4-17-11-13-26-14-12-17;/h2,5-10,17,26H,3-4,11-16H2,1H3;1H. The summed E-state index contributed by atoms with van der Waals surface area (Å²) >= 11 is 5.96. The molecule has 1 N–H and O–H groups in total. The third-order valence-electron chi connectivity index (χ3n) is 5.88. The van der Waals surface area contributed by atoms with E-state index in [1.165, 1.54) is 12.8 Å². The highest BCUT2D eigenvalue weighted by molar-refractivity contribution is 6.30. The Balaban J connectivity index is 0.00000289. The smallest absolute Gasteiger partial charge is 0.261 e. The SMILES string of the molecule is COc1cccc2c(=O)n(CCCC3CCNCC3)c(COc3ccc(Cl)cc3)nc12.Cl. The first kappa shape index (κ1) is 24.4. The molecule has 0 radical (unpaired) electrons. The Hall–Kier alpha value is -2.28. The van der Waals surface area contributed by atoms with Crippen LogP contribution in [0.2, 0.25) is 5.02 Å². The quantitative estimate of drug-likeness (QED) is 0.502. The van der Waals surface area contributed by atoms with Crippen LogP contribution in [0.25, 0.3) is 10.9 Å². The Morgan fingerprint density at radius 1 is 1.16 bits per heavy atom. The summed E-state index contributed by atoms with van der Waals surface area (Å²) in [5.74, 6) is 2.59. The Kier molecular flexibility index (Phi) is 8.79. The first-order valence-corrected chi connectivity index (χ1v) is 11.2. The first-order chi connectivity index (χ1) is 15.2. The molecule has 2 aromatic carbocycles. The number of benzene rings is 2. The molecule has 1 fully saturated rings. The fourth-order valence-corrected chi connectivity index (χ4v) is 4.28. The number of nitrogens with zero attached hydrogens (tertiary/aromatic N) is 2. The molecule has 2 heterocycles. The molecule has 4 rings (SSSR count). The van der Waals surface area contributed by atoms with Crippen LogP contribution in [0.3, 0.4) is 0 Å². The molecule has 0 atom stereocenters. The maximum atomic E-state index is 13.3. The van der Waals surface area contributed by atoms with Crippen molar-refractivity contribution in [2.45, 2.75) is 38.8 Å². The number of halogens is 2. The van der Waals surface area contributed by atoms with Crippen LogP contribution in [0.5, 0.6) is 11.5 Å². The summed E-state index contributed by atoms with van der Waals surface area (Å²) in [5.41, 5.74) is 0.517. The van der Waals surface area contributed by atoms with Crippen molar-refractivity contribution in [1.82, 2.24) is 14.9 Å². The van der Waals surface area contributed by atoms with Gasteiger partial charge in [0.25, 0.3) is 5.56 Å². The highest BCUT2D eigenvalue weighted by atomic mass is 35.5. The van der Waals surface area contributed by atoms with Gasteiger partial charge in [0.2, 0.25) is 0 Å². The number of nitrogens with one attached hydrogen (secondary N) is 1. The predicted molar refractivity (Wildman–Crippen MR) is 130 cm³/mol. The van der Waals surface area contributed by atoms with E-state index in [0.717, 1.165) is 31.8 Å². The second-order valence-corrected chi connectivity index (χ2v) is 8.36. The van der Waals surface area contributed by atoms with Crippen LogP contribution in [0.1, 0.15) is 31.5 Å². The molecular formula is C24H29Cl2N3O3. The highest BCUT2D eigenvalue weighted by Gasteiger charge is 2.16. The molecule has 3 aromatic rings. The second-order valence-electron chi connectivity index (χ2n) is 7.92. The van der Waals surface area contributed by atoms with Crippen molar-refractivity contribution in [1.29, 1.82) is 0 Å². The minimum absolute atomic E-state index is 0. The predicted octanol–water partition coefficient (Wildman–Crippen LogP) is 4.84. The zero-order chi connectivity index (χ0) is 21.6. The molecule has 8 heteroatoms. The largest absolute Gasteiger partial charge is 0.494 e. The number of para-hydroxylation sites is 1. The van der Waals surface area contributed by atoms with Crippen LogP contribution >= 0.6 is 24.0 Å². The molecule has 32 heavy (non-hydrogen) atoms. The number of ether oxygens (including phenoxy) is 2. The molecule has 1 aliphatic rings. The Labute approximate surface area is 199 Å². The molecular weight excluding hydrogens is 449 g/mol. The van der Waals surface area contributed by atoms with Gasteiger partial charge in [-0.05, 0) is 81.1 Å². The van der Waals surface area contributed by atoms with Crippen molar-refractivity contribution in [3.05, 3.63) is 63.7 Å². The lowest BCUT2D eigenvalue weighted by molar-refractivity contribution is 0.283. The van der Waals surface area contributed by atoms with Crippen LogP contribution in [-0.2, 0) is 13.2 Å². The lowest BCUT2D eigenvalue weighted by Gasteiger charge is -2.23. The molecule has 6 nitrogen and oxygen atoms in total. The molecule has 0 amide bonds. The fraction of sp³-hybridized carbons (Fsp3) is 0.417. The number of hydrogen-bond donors (Lipinski definition) is 1. The van der Waals surface area contributed by atoms with E-state index in [0.29, 0.717) is 39.8 Å². The van der Waals surface area contributed by atoms with E-state index in [1.54, 1.807) is 29.9 Å². The maximum absolute atomic E-state index is 13.3. The molecule has 1 aliphatic heterocycles. The van der Waals surface area contributed by atoms with Gasteiger partial charge in [0, 0.05) is 11.6 Å². The summed E-state index contributed by atoms with van der Waals surface area (Å²) in [6.07, 6.45) is 4.46. The summed E-state index contributed by atoms with van der Waals surface area (Å²) in [4.78, 5) is 18.1. The Morgan fingerprint density at radius 2 is 1.91 bits per heavy atom. The summed E-state index contributed by atoms with van der Waals surface area (Å²) in [6, 6.07) is 12.6. The maximum Gasteiger partial charge on any atom is 0.261 e. The van der Waals surface area contributed by atoms with Gasteiger partial charge >= 0.3 is 0 Å². The average Bonchev–Trinajstić information content (AvgIpc) is 2.80. The van der Waals surface area contributed by atoms with Gasteiger partial charge in [-0.1, -0.05) is 17.7 Å². The van der Waals surface area contributed by atoms with Gasteiger partial charge < -0.3 is 14.8 Å². The average molecular weight is 478 g/mol. The Morgan fingerprint density at radius 3 is 2.62 bits per heavy atom. The summed E-state index contributed by atoms with van der Waals surface area (Å²) in [7, 11) is 1.59. The first-order valence-electron chi connectivity index (χ1n) is 10.8. The third-order valence-corrected chi connectivity index (χ3v) is 6.13. The second kappa shape index (κ2) is 11.5. The number of methoxy groups -OCH3 is 1. The van der Waals surface area contributed by atoms with E-state index in [9.17, 15) is 4.79 Å². The monoisotopic (exact) mass is 477 g/mol. The van der Waals surface area contributed by atoms with E-state index < -0.39 is 0 Å². The highest BCUT2D eigenvalue weighted by Crippen LogP contribution is 2.23. The number of fused-ring (bicyclic) bond motifs is 1. The Bertz CT molecular complexity index is 1080. The third kappa shape index (κ3) is 5.74. The van der Waals surface area contributed by atoms with Crippen molar-refractivity contribution in [2.24, 2.45) is 5.92 Å². The van der Waals surface area contributed by atoms with E-state index in [2.05, 4.69) is 5.32 Å². The van der Waals surface area contributed by atoms with Crippen LogP contribution in [0.4, 0.5) is 0 Å². The van der Waals surface area contributed by atoms with E-state index in [4.69, 9.17) is 26.1 Å². The molecule has 0 saturated carbocycles. The number of aromatic nitrogens is 2. The number of piperidine rings is 1. The van der Waals surface area contributed by atoms with Crippen molar-refractivity contribution >= 4 is 34.9 Å². The number of hydrogen-bond acceptors (Lipinski definition) is 5. The molecule has 1 aromatic heterocycles.